The van der Waals surface area contributed by atoms with Gasteiger partial charge in [-0.3, -0.25) is 4.79 Å². The van der Waals surface area contributed by atoms with Gasteiger partial charge in [-0.2, -0.15) is 0 Å². The molecule has 2 N–H and O–H groups in total. The van der Waals surface area contributed by atoms with Crippen LogP contribution in [0.1, 0.15) is 13.8 Å². The van der Waals surface area contributed by atoms with Gasteiger partial charge in [0, 0.05) is 5.57 Å². The fourth-order valence-electron chi connectivity index (χ4n) is 1.04. The van der Waals surface area contributed by atoms with Crippen LogP contribution in [0.25, 0.3) is 0 Å². The Labute approximate surface area is 64.9 Å². The highest BCUT2D eigenvalue weighted by molar-refractivity contribution is 8.04. The molecule has 0 saturated heterocycles. The third-order valence-corrected chi connectivity index (χ3v) is 2.44. The van der Waals surface area contributed by atoms with Crippen LogP contribution in [0, 0.1) is 5.92 Å². The Balaban J connectivity index is 2.88. The lowest BCUT2D eigenvalue weighted by molar-refractivity contribution is -0.113. The first-order valence-corrected chi connectivity index (χ1v) is 4.27. The SMILES string of the molecule is CC(C)C1=C(N)SCC1=O. The summed E-state index contributed by atoms with van der Waals surface area (Å²) in [6.07, 6.45) is 0. The van der Waals surface area contributed by atoms with E-state index in [1.165, 1.54) is 11.8 Å². The second-order valence-corrected chi connectivity index (χ2v) is 3.66. The average molecular weight is 157 g/mol. The Hall–Kier alpha value is -0.440. The van der Waals surface area contributed by atoms with Crippen molar-refractivity contribution in [2.45, 2.75) is 13.8 Å². The lowest BCUT2D eigenvalue weighted by atomic mass is 10.0. The molecule has 10 heavy (non-hydrogen) atoms. The van der Waals surface area contributed by atoms with Crippen molar-refractivity contribution in [3.63, 3.8) is 0 Å². The molecule has 0 saturated carbocycles. The van der Waals surface area contributed by atoms with Gasteiger partial charge in [-0.1, -0.05) is 13.8 Å². The van der Waals surface area contributed by atoms with Crippen LogP contribution in [0.5, 0.6) is 0 Å². The lowest BCUT2D eigenvalue weighted by Crippen LogP contribution is -2.08. The van der Waals surface area contributed by atoms with E-state index in [2.05, 4.69) is 0 Å². The van der Waals surface area contributed by atoms with E-state index in [9.17, 15) is 4.79 Å². The Kier molecular flexibility index (Phi) is 2.04. The summed E-state index contributed by atoms with van der Waals surface area (Å²) < 4.78 is 0. The van der Waals surface area contributed by atoms with Crippen LogP contribution in [0.4, 0.5) is 0 Å². The van der Waals surface area contributed by atoms with E-state index < -0.39 is 0 Å². The molecule has 0 fully saturated rings. The predicted octanol–water partition coefficient (Wildman–Crippen LogP) is 1.13. The molecule has 0 atom stereocenters. The molecule has 1 aliphatic heterocycles. The van der Waals surface area contributed by atoms with Crippen LogP contribution in [0.15, 0.2) is 10.6 Å². The number of rotatable bonds is 1. The number of Topliss-reactive ketones (excluding diaryl/α,β-unsaturated/α-hetero) is 1. The predicted molar refractivity (Wildman–Crippen MR) is 43.5 cm³/mol. The Morgan fingerprint density at radius 2 is 2.20 bits per heavy atom. The van der Waals surface area contributed by atoms with Crippen molar-refractivity contribution in [3.05, 3.63) is 10.6 Å². The minimum Gasteiger partial charge on any atom is -0.393 e. The van der Waals surface area contributed by atoms with E-state index in [4.69, 9.17) is 5.73 Å². The van der Waals surface area contributed by atoms with Gasteiger partial charge >= 0.3 is 0 Å². The number of nitrogens with two attached hydrogens (primary N) is 1. The zero-order valence-electron chi connectivity index (χ0n) is 6.18. The zero-order chi connectivity index (χ0) is 7.72. The molecule has 1 rings (SSSR count). The molecule has 56 valence electrons. The fraction of sp³-hybridized carbons (Fsp3) is 0.571. The van der Waals surface area contributed by atoms with Crippen molar-refractivity contribution < 1.29 is 4.79 Å². The zero-order valence-corrected chi connectivity index (χ0v) is 6.99. The highest BCUT2D eigenvalue weighted by Crippen LogP contribution is 2.28. The smallest absolute Gasteiger partial charge is 0.171 e. The number of hydrogen-bond donors (Lipinski definition) is 1. The van der Waals surface area contributed by atoms with E-state index in [1.807, 2.05) is 13.8 Å². The standard InChI is InChI=1S/C7H11NOS/c1-4(2)6-5(9)3-10-7(6)8/h4H,3,8H2,1-2H3. The van der Waals surface area contributed by atoms with Gasteiger partial charge in [-0.15, -0.1) is 11.8 Å². The maximum Gasteiger partial charge on any atom is 0.171 e. The van der Waals surface area contributed by atoms with Crippen molar-refractivity contribution in [3.8, 4) is 0 Å². The van der Waals surface area contributed by atoms with Gasteiger partial charge in [0.1, 0.15) is 0 Å². The monoisotopic (exact) mass is 157 g/mol. The van der Waals surface area contributed by atoms with Crippen molar-refractivity contribution in [2.75, 3.05) is 5.75 Å². The minimum atomic E-state index is 0.206. The summed E-state index contributed by atoms with van der Waals surface area (Å²) in [5.74, 6) is 1.03. The molecular formula is C7H11NOS. The molecule has 1 aliphatic rings. The molecule has 0 aromatic heterocycles. The normalized spacial score (nSPS) is 19.3. The maximum atomic E-state index is 11.1. The van der Waals surface area contributed by atoms with E-state index >= 15 is 0 Å². The van der Waals surface area contributed by atoms with Crippen molar-refractivity contribution in [2.24, 2.45) is 11.7 Å². The lowest BCUT2D eigenvalue weighted by Gasteiger charge is -2.03. The summed E-state index contributed by atoms with van der Waals surface area (Å²) in [7, 11) is 0. The van der Waals surface area contributed by atoms with E-state index in [-0.39, 0.29) is 11.7 Å². The summed E-state index contributed by atoms with van der Waals surface area (Å²) >= 11 is 1.45. The molecular weight excluding hydrogens is 146 g/mol. The quantitative estimate of drug-likeness (QED) is 0.620. The van der Waals surface area contributed by atoms with Gasteiger partial charge in [0.2, 0.25) is 0 Å². The van der Waals surface area contributed by atoms with Crippen LogP contribution in [-0.2, 0) is 4.79 Å². The summed E-state index contributed by atoms with van der Waals surface area (Å²) in [5, 5.41) is 0.722. The average Bonchev–Trinajstić information content (AvgIpc) is 2.11. The first kappa shape index (κ1) is 7.66. The molecule has 0 aromatic rings. The molecule has 0 unspecified atom stereocenters. The summed E-state index contributed by atoms with van der Waals surface area (Å²) in [4.78, 5) is 11.1. The number of hydrogen-bond acceptors (Lipinski definition) is 3. The number of thioether (sulfide) groups is 1. The Morgan fingerprint density at radius 3 is 2.40 bits per heavy atom. The topological polar surface area (TPSA) is 43.1 Å². The number of carbonyl (C=O) groups excluding carboxylic acids is 1. The Bertz CT molecular complexity index is 196. The first-order chi connectivity index (χ1) is 4.63. The number of allylic oxidation sites excluding steroid dienone is 1. The number of carbonyl (C=O) groups is 1. The molecule has 1 heterocycles. The summed E-state index contributed by atoms with van der Waals surface area (Å²) in [5.41, 5.74) is 6.42. The molecule has 0 bridgehead atoms. The van der Waals surface area contributed by atoms with E-state index in [0.717, 1.165) is 10.6 Å². The highest BCUT2D eigenvalue weighted by Gasteiger charge is 2.23. The van der Waals surface area contributed by atoms with Crippen molar-refractivity contribution in [1.82, 2.24) is 0 Å². The van der Waals surface area contributed by atoms with Gasteiger partial charge in [0.15, 0.2) is 5.78 Å². The molecule has 0 radical (unpaired) electrons. The first-order valence-electron chi connectivity index (χ1n) is 3.28. The Morgan fingerprint density at radius 1 is 1.60 bits per heavy atom. The van der Waals surface area contributed by atoms with Crippen LogP contribution in [-0.4, -0.2) is 11.5 Å². The van der Waals surface area contributed by atoms with Crippen LogP contribution < -0.4 is 5.73 Å². The molecule has 3 heteroatoms. The van der Waals surface area contributed by atoms with Gasteiger partial charge in [0.05, 0.1) is 10.8 Å². The summed E-state index contributed by atoms with van der Waals surface area (Å²) in [6, 6.07) is 0. The van der Waals surface area contributed by atoms with Gasteiger partial charge in [-0.05, 0) is 5.92 Å². The minimum absolute atomic E-state index is 0.206. The second-order valence-electron chi connectivity index (χ2n) is 2.64. The van der Waals surface area contributed by atoms with E-state index in [1.54, 1.807) is 0 Å². The van der Waals surface area contributed by atoms with Gasteiger partial charge in [-0.25, -0.2) is 0 Å². The third kappa shape index (κ3) is 1.19. The largest absolute Gasteiger partial charge is 0.393 e. The van der Waals surface area contributed by atoms with Crippen molar-refractivity contribution in [1.29, 1.82) is 0 Å². The molecule has 0 amide bonds. The van der Waals surface area contributed by atoms with Gasteiger partial charge < -0.3 is 5.73 Å². The molecule has 0 aliphatic carbocycles. The van der Waals surface area contributed by atoms with Crippen molar-refractivity contribution >= 4 is 17.5 Å². The highest BCUT2D eigenvalue weighted by atomic mass is 32.2. The second kappa shape index (κ2) is 2.66. The van der Waals surface area contributed by atoms with Gasteiger partial charge in [0.25, 0.3) is 0 Å². The van der Waals surface area contributed by atoms with E-state index in [0.29, 0.717) is 5.75 Å². The third-order valence-electron chi connectivity index (χ3n) is 1.50. The van der Waals surface area contributed by atoms with Crippen LogP contribution >= 0.6 is 11.8 Å². The number of ketones is 1. The maximum absolute atomic E-state index is 11.1. The molecule has 2 nitrogen and oxygen atoms in total. The molecule has 0 aromatic carbocycles. The van der Waals surface area contributed by atoms with Crippen LogP contribution in [0.2, 0.25) is 0 Å². The molecule has 0 spiro atoms. The summed E-state index contributed by atoms with van der Waals surface area (Å²) in [6.45, 7) is 3.98. The van der Waals surface area contributed by atoms with Crippen LogP contribution in [0.3, 0.4) is 0 Å². The fourth-order valence-corrected chi connectivity index (χ4v) is 1.99.